The number of hydrogen-bond acceptors (Lipinski definition) is 4. The highest BCUT2D eigenvalue weighted by molar-refractivity contribution is 7.89. The predicted octanol–water partition coefficient (Wildman–Crippen LogP) is 0.908. The highest BCUT2D eigenvalue weighted by Gasteiger charge is 2.34. The average molecular weight is 377 g/mol. The van der Waals surface area contributed by atoms with Gasteiger partial charge in [-0.2, -0.15) is 0 Å². The van der Waals surface area contributed by atoms with Gasteiger partial charge in [0, 0.05) is 25.3 Å². The van der Waals surface area contributed by atoms with Crippen LogP contribution in [0.2, 0.25) is 0 Å². The zero-order chi connectivity index (χ0) is 18.9. The smallest absolute Gasteiger partial charge is 0.245 e. The van der Waals surface area contributed by atoms with Crippen molar-refractivity contribution in [2.45, 2.75) is 24.2 Å². The van der Waals surface area contributed by atoms with Crippen LogP contribution in [-0.4, -0.2) is 51.8 Å². The fourth-order valence-electron chi connectivity index (χ4n) is 3.62. The second-order valence-corrected chi connectivity index (χ2v) is 8.45. The number of anilines is 1. The van der Waals surface area contributed by atoms with E-state index in [1.807, 2.05) is 0 Å². The number of sulfonamides is 1. The van der Waals surface area contributed by atoms with Crippen LogP contribution in [0.15, 0.2) is 35.7 Å². The van der Waals surface area contributed by atoms with Gasteiger partial charge in [0.15, 0.2) is 0 Å². The summed E-state index contributed by atoms with van der Waals surface area (Å²) in [6, 6.07) is 4.84. The fraction of sp³-hybridized carbons (Fsp3) is 0.444. The first-order chi connectivity index (χ1) is 12.4. The van der Waals surface area contributed by atoms with E-state index in [1.54, 1.807) is 21.9 Å². The number of carbonyl (C=O) groups is 2. The van der Waals surface area contributed by atoms with E-state index in [4.69, 9.17) is 0 Å². The highest BCUT2D eigenvalue weighted by atomic mass is 32.2. The van der Waals surface area contributed by atoms with Gasteiger partial charge in [0.25, 0.3) is 0 Å². The summed E-state index contributed by atoms with van der Waals surface area (Å²) in [4.78, 5) is 28.4. The Morgan fingerprint density at radius 1 is 1.31 bits per heavy atom. The number of carbonyl (C=O) groups excluding carboxylic acids is 2. The van der Waals surface area contributed by atoms with E-state index in [0.29, 0.717) is 26.1 Å². The monoisotopic (exact) mass is 377 g/mol. The summed E-state index contributed by atoms with van der Waals surface area (Å²) in [5.41, 5.74) is 1.61. The van der Waals surface area contributed by atoms with Gasteiger partial charge in [0.2, 0.25) is 21.8 Å². The minimum Gasteiger partial charge on any atom is -0.338 e. The number of likely N-dealkylation sites (tertiary alicyclic amines) is 1. The summed E-state index contributed by atoms with van der Waals surface area (Å²) in [5.74, 6) is -0.389. The summed E-state index contributed by atoms with van der Waals surface area (Å²) in [6.45, 7) is 5.09. The second kappa shape index (κ2) is 7.20. The van der Waals surface area contributed by atoms with Crippen LogP contribution in [0, 0.1) is 5.92 Å². The number of nitrogens with zero attached hydrogens (tertiary/aromatic N) is 2. The quantitative estimate of drug-likeness (QED) is 0.790. The molecule has 1 atom stereocenters. The first-order valence-electron chi connectivity index (χ1n) is 8.66. The van der Waals surface area contributed by atoms with Crippen LogP contribution in [0.25, 0.3) is 0 Å². The lowest BCUT2D eigenvalue weighted by atomic mass is 9.96. The third-order valence-corrected chi connectivity index (χ3v) is 6.46. The van der Waals surface area contributed by atoms with Crippen molar-refractivity contribution < 1.29 is 18.0 Å². The van der Waals surface area contributed by atoms with Gasteiger partial charge in [-0.15, -0.1) is 0 Å². The average Bonchev–Trinajstić information content (AvgIpc) is 3.10. The molecule has 1 fully saturated rings. The van der Waals surface area contributed by atoms with Gasteiger partial charge in [-0.3, -0.25) is 9.59 Å². The molecule has 1 aromatic rings. The molecule has 1 unspecified atom stereocenters. The van der Waals surface area contributed by atoms with Crippen LogP contribution in [0.5, 0.6) is 0 Å². The second-order valence-electron chi connectivity index (χ2n) is 6.57. The van der Waals surface area contributed by atoms with Crippen molar-refractivity contribution in [2.24, 2.45) is 5.92 Å². The van der Waals surface area contributed by atoms with Crippen LogP contribution < -0.4 is 9.62 Å². The van der Waals surface area contributed by atoms with Gasteiger partial charge in [0.1, 0.15) is 0 Å². The summed E-state index contributed by atoms with van der Waals surface area (Å²) in [5, 5.41) is 0. The number of benzene rings is 1. The molecule has 0 radical (unpaired) electrons. The maximum atomic E-state index is 13.0. The van der Waals surface area contributed by atoms with Crippen molar-refractivity contribution in [1.82, 2.24) is 9.62 Å². The van der Waals surface area contributed by atoms with E-state index < -0.39 is 10.0 Å². The van der Waals surface area contributed by atoms with E-state index in [9.17, 15) is 18.0 Å². The lowest BCUT2D eigenvalue weighted by molar-refractivity contribution is -0.131. The Labute approximate surface area is 153 Å². The summed E-state index contributed by atoms with van der Waals surface area (Å²) < 4.78 is 26.2. The Morgan fingerprint density at radius 2 is 2.08 bits per heavy atom. The lowest BCUT2D eigenvalue weighted by Gasteiger charge is -2.33. The number of rotatable bonds is 4. The maximum absolute atomic E-state index is 13.0. The van der Waals surface area contributed by atoms with Crippen LogP contribution >= 0.6 is 0 Å². The number of piperidine rings is 1. The molecule has 0 aromatic heterocycles. The Morgan fingerprint density at radius 3 is 2.77 bits per heavy atom. The third-order valence-electron chi connectivity index (χ3n) is 5.05. The maximum Gasteiger partial charge on any atom is 0.245 e. The van der Waals surface area contributed by atoms with Crippen LogP contribution in [-0.2, 0) is 26.0 Å². The van der Waals surface area contributed by atoms with E-state index in [-0.39, 0.29) is 22.6 Å². The SMILES string of the molecule is C=CC(=O)N1CCCC(C(=O)N2CCc3cc(S(=O)(=O)NC)ccc32)C1. The van der Waals surface area contributed by atoms with Crippen molar-refractivity contribution >= 4 is 27.5 Å². The normalized spacial score (nSPS) is 20.0. The summed E-state index contributed by atoms with van der Waals surface area (Å²) >= 11 is 0. The van der Waals surface area contributed by atoms with Gasteiger partial charge in [-0.25, -0.2) is 13.1 Å². The van der Waals surface area contributed by atoms with E-state index in [1.165, 1.54) is 19.2 Å². The van der Waals surface area contributed by atoms with Crippen LogP contribution in [0.1, 0.15) is 18.4 Å². The molecule has 140 valence electrons. The number of fused-ring (bicyclic) bond motifs is 1. The number of hydrogen-bond donors (Lipinski definition) is 1. The largest absolute Gasteiger partial charge is 0.338 e. The van der Waals surface area contributed by atoms with Crippen molar-refractivity contribution in [3.05, 3.63) is 36.4 Å². The topological polar surface area (TPSA) is 86.8 Å². The van der Waals surface area contributed by atoms with Crippen molar-refractivity contribution in [3.8, 4) is 0 Å². The molecule has 26 heavy (non-hydrogen) atoms. The Kier molecular flexibility index (Phi) is 5.15. The lowest BCUT2D eigenvalue weighted by Crippen LogP contribution is -2.46. The van der Waals surface area contributed by atoms with Crippen molar-refractivity contribution in [2.75, 3.05) is 31.6 Å². The molecule has 0 saturated carbocycles. The third kappa shape index (κ3) is 3.39. The van der Waals surface area contributed by atoms with E-state index >= 15 is 0 Å². The van der Waals surface area contributed by atoms with Gasteiger partial charge in [0.05, 0.1) is 10.8 Å². The van der Waals surface area contributed by atoms with E-state index in [2.05, 4.69) is 11.3 Å². The molecule has 2 amide bonds. The molecule has 0 aliphatic carbocycles. The molecule has 8 heteroatoms. The molecule has 2 aliphatic rings. The molecule has 1 aromatic carbocycles. The van der Waals surface area contributed by atoms with Crippen molar-refractivity contribution in [3.63, 3.8) is 0 Å². The zero-order valence-electron chi connectivity index (χ0n) is 14.8. The zero-order valence-corrected chi connectivity index (χ0v) is 15.6. The Hall–Kier alpha value is -2.19. The Balaban J connectivity index is 1.79. The molecule has 2 aliphatic heterocycles. The number of nitrogens with one attached hydrogen (secondary N) is 1. The minimum absolute atomic E-state index is 0.00506. The molecule has 1 N–H and O–H groups in total. The first-order valence-corrected chi connectivity index (χ1v) is 10.1. The molecule has 7 nitrogen and oxygen atoms in total. The van der Waals surface area contributed by atoms with Gasteiger partial charge in [-0.1, -0.05) is 6.58 Å². The fourth-order valence-corrected chi connectivity index (χ4v) is 4.40. The molecular formula is C18H23N3O4S. The van der Waals surface area contributed by atoms with Gasteiger partial charge < -0.3 is 9.80 Å². The Bertz CT molecular complexity index is 850. The molecule has 0 spiro atoms. The first kappa shape index (κ1) is 18.6. The molecule has 3 rings (SSSR count). The minimum atomic E-state index is -3.50. The van der Waals surface area contributed by atoms with Crippen molar-refractivity contribution in [1.29, 1.82) is 0 Å². The van der Waals surface area contributed by atoms with E-state index in [0.717, 1.165) is 24.1 Å². The van der Waals surface area contributed by atoms with Gasteiger partial charge in [-0.05, 0) is 56.1 Å². The highest BCUT2D eigenvalue weighted by Crippen LogP contribution is 2.32. The summed E-state index contributed by atoms with van der Waals surface area (Å²) in [7, 11) is -2.13. The predicted molar refractivity (Wildman–Crippen MR) is 98.2 cm³/mol. The molecule has 0 bridgehead atoms. The van der Waals surface area contributed by atoms with Gasteiger partial charge >= 0.3 is 0 Å². The number of amides is 2. The summed E-state index contributed by atoms with van der Waals surface area (Å²) in [6.07, 6.45) is 3.44. The van der Waals surface area contributed by atoms with Crippen LogP contribution in [0.4, 0.5) is 5.69 Å². The molecule has 1 saturated heterocycles. The molecular weight excluding hydrogens is 354 g/mol. The standard InChI is InChI=1S/C18H23N3O4S/c1-3-17(22)20-9-4-5-14(12-20)18(23)21-10-8-13-11-15(6-7-16(13)21)26(24,25)19-2/h3,6-7,11,14,19H,1,4-5,8-10,12H2,2H3. The molecule has 2 heterocycles. The van der Waals surface area contributed by atoms with Crippen LogP contribution in [0.3, 0.4) is 0 Å².